The minimum absolute atomic E-state index is 0. The van der Waals surface area contributed by atoms with Crippen LogP contribution in [0.3, 0.4) is 0 Å². The van der Waals surface area contributed by atoms with Crippen molar-refractivity contribution in [1.82, 2.24) is 10.2 Å². The lowest BCUT2D eigenvalue weighted by Crippen LogP contribution is -2.53. The number of nitrogens with one attached hydrogen (secondary N) is 2. The normalized spacial score (nSPS) is 15.8. The molecule has 1 aromatic rings. The minimum atomic E-state index is -0.361. The van der Waals surface area contributed by atoms with Crippen molar-refractivity contribution in [2.24, 2.45) is 11.7 Å². The average molecular weight is 341 g/mol. The molecule has 0 radical (unpaired) electrons. The summed E-state index contributed by atoms with van der Waals surface area (Å²) in [4.78, 5) is 25.5. The monoisotopic (exact) mass is 340 g/mol. The fourth-order valence-corrected chi connectivity index (χ4v) is 2.35. The van der Waals surface area contributed by atoms with E-state index >= 15 is 0 Å². The van der Waals surface area contributed by atoms with Crippen molar-refractivity contribution in [3.05, 3.63) is 29.8 Å². The van der Waals surface area contributed by atoms with Crippen molar-refractivity contribution in [3.63, 3.8) is 0 Å². The fraction of sp³-hybridized carbons (Fsp3) is 0.500. The summed E-state index contributed by atoms with van der Waals surface area (Å²) in [6.45, 7) is 2.40. The molecule has 1 saturated carbocycles. The molecule has 1 aromatic carbocycles. The summed E-state index contributed by atoms with van der Waals surface area (Å²) >= 11 is 0. The van der Waals surface area contributed by atoms with Crippen LogP contribution in [0, 0.1) is 5.92 Å². The third kappa shape index (κ3) is 4.84. The van der Waals surface area contributed by atoms with Gasteiger partial charge in [0.2, 0.25) is 0 Å². The second-order valence-electron chi connectivity index (χ2n) is 6.26. The van der Waals surface area contributed by atoms with Gasteiger partial charge in [0.25, 0.3) is 5.91 Å². The first kappa shape index (κ1) is 19.3. The van der Waals surface area contributed by atoms with E-state index < -0.39 is 0 Å². The molecular weight excluding hydrogens is 316 g/mol. The predicted molar refractivity (Wildman–Crippen MR) is 94.0 cm³/mol. The summed E-state index contributed by atoms with van der Waals surface area (Å²) in [5.41, 5.74) is 6.57. The third-order valence-electron chi connectivity index (χ3n) is 4.08. The number of carbonyl (C=O) groups is 2. The van der Waals surface area contributed by atoms with Crippen LogP contribution in [0.4, 0.5) is 10.5 Å². The van der Waals surface area contributed by atoms with Crippen LogP contribution in [-0.2, 0) is 0 Å². The van der Waals surface area contributed by atoms with E-state index in [1.54, 1.807) is 38.4 Å². The average Bonchev–Trinajstić information content (AvgIpc) is 3.32. The molecule has 1 aliphatic carbocycles. The Hall–Kier alpha value is -1.79. The van der Waals surface area contributed by atoms with Gasteiger partial charge in [-0.2, -0.15) is 0 Å². The number of carbonyl (C=O) groups excluding carboxylic acids is 2. The lowest BCUT2D eigenvalue weighted by Gasteiger charge is -2.29. The topological polar surface area (TPSA) is 87.5 Å². The zero-order valence-electron chi connectivity index (χ0n) is 13.8. The maximum atomic E-state index is 12.4. The lowest BCUT2D eigenvalue weighted by atomic mass is 9.95. The van der Waals surface area contributed by atoms with Crippen molar-refractivity contribution in [3.8, 4) is 0 Å². The first-order valence-corrected chi connectivity index (χ1v) is 7.46. The molecule has 1 atom stereocenters. The Morgan fingerprint density at radius 1 is 1.35 bits per heavy atom. The summed E-state index contributed by atoms with van der Waals surface area (Å²) < 4.78 is 0. The first-order valence-electron chi connectivity index (χ1n) is 7.46. The quantitative estimate of drug-likeness (QED) is 0.766. The fourth-order valence-electron chi connectivity index (χ4n) is 2.35. The molecule has 1 fully saturated rings. The molecule has 0 aromatic heterocycles. The maximum Gasteiger partial charge on any atom is 0.321 e. The number of benzene rings is 1. The van der Waals surface area contributed by atoms with E-state index in [9.17, 15) is 9.59 Å². The van der Waals surface area contributed by atoms with E-state index in [1.807, 2.05) is 6.92 Å². The number of nitrogens with two attached hydrogens (primary N) is 1. The van der Waals surface area contributed by atoms with E-state index in [2.05, 4.69) is 10.6 Å². The standard InChI is InChI=1S/C16H24N4O2.ClH/c1-16(10-17,12-7-8-12)19-14(21)11-5-4-6-13(9-11)18-15(22)20(2)3;/h4-6,9,12H,7-8,10,17H2,1-3H3,(H,18,22)(H,19,21);1H. The first-order chi connectivity index (χ1) is 10.4. The molecule has 1 aliphatic rings. The molecule has 0 bridgehead atoms. The molecule has 3 amide bonds. The molecule has 0 aliphatic heterocycles. The van der Waals surface area contributed by atoms with Gasteiger partial charge in [-0.1, -0.05) is 6.07 Å². The highest BCUT2D eigenvalue weighted by molar-refractivity contribution is 5.97. The highest BCUT2D eigenvalue weighted by Crippen LogP contribution is 2.39. The number of nitrogens with zero attached hydrogens (tertiary/aromatic N) is 1. The molecular formula is C16H25ClN4O2. The minimum Gasteiger partial charge on any atom is -0.345 e. The summed E-state index contributed by atoms with van der Waals surface area (Å²) in [6, 6.07) is 6.66. The van der Waals surface area contributed by atoms with E-state index in [-0.39, 0.29) is 29.9 Å². The second-order valence-corrected chi connectivity index (χ2v) is 6.26. The summed E-state index contributed by atoms with van der Waals surface area (Å²) in [6.07, 6.45) is 2.21. The number of amides is 3. The van der Waals surface area contributed by atoms with Crippen molar-refractivity contribution in [1.29, 1.82) is 0 Å². The van der Waals surface area contributed by atoms with Gasteiger partial charge in [0.05, 0.1) is 5.54 Å². The molecule has 7 heteroatoms. The molecule has 2 rings (SSSR count). The van der Waals surface area contributed by atoms with Gasteiger partial charge in [0.1, 0.15) is 0 Å². The van der Waals surface area contributed by atoms with Gasteiger partial charge < -0.3 is 21.3 Å². The zero-order valence-corrected chi connectivity index (χ0v) is 14.6. The SMILES string of the molecule is CN(C)C(=O)Nc1cccc(C(=O)NC(C)(CN)C2CC2)c1.Cl. The van der Waals surface area contributed by atoms with Gasteiger partial charge in [-0.3, -0.25) is 4.79 Å². The highest BCUT2D eigenvalue weighted by atomic mass is 35.5. The van der Waals surface area contributed by atoms with Crippen LogP contribution in [0.1, 0.15) is 30.1 Å². The molecule has 4 N–H and O–H groups in total. The van der Waals surface area contributed by atoms with Crippen molar-refractivity contribution in [2.75, 3.05) is 26.0 Å². The molecule has 0 heterocycles. The van der Waals surface area contributed by atoms with Crippen LogP contribution in [0.2, 0.25) is 0 Å². The van der Waals surface area contributed by atoms with Crippen molar-refractivity contribution >= 4 is 30.0 Å². The van der Waals surface area contributed by atoms with Crippen LogP contribution in [0.5, 0.6) is 0 Å². The number of hydrogen-bond acceptors (Lipinski definition) is 3. The number of urea groups is 1. The predicted octanol–water partition coefficient (Wildman–Crippen LogP) is 2.06. The molecule has 23 heavy (non-hydrogen) atoms. The second kappa shape index (κ2) is 7.66. The van der Waals surface area contributed by atoms with E-state index in [0.717, 1.165) is 12.8 Å². The van der Waals surface area contributed by atoms with E-state index in [0.29, 0.717) is 23.7 Å². The number of halogens is 1. The summed E-state index contributed by atoms with van der Waals surface area (Å²) in [7, 11) is 3.32. The van der Waals surface area contributed by atoms with Crippen LogP contribution >= 0.6 is 12.4 Å². The van der Waals surface area contributed by atoms with Gasteiger partial charge in [0.15, 0.2) is 0 Å². The van der Waals surface area contributed by atoms with Crippen LogP contribution in [0.25, 0.3) is 0 Å². The Balaban J connectivity index is 0.00000264. The van der Waals surface area contributed by atoms with Gasteiger partial charge in [-0.05, 0) is 43.9 Å². The van der Waals surface area contributed by atoms with Crippen LogP contribution in [0.15, 0.2) is 24.3 Å². The Morgan fingerprint density at radius 3 is 2.52 bits per heavy atom. The lowest BCUT2D eigenvalue weighted by molar-refractivity contribution is 0.0898. The summed E-state index contributed by atoms with van der Waals surface area (Å²) in [5, 5.41) is 5.77. The van der Waals surface area contributed by atoms with Crippen LogP contribution < -0.4 is 16.4 Å². The zero-order chi connectivity index (χ0) is 16.3. The molecule has 1 unspecified atom stereocenters. The highest BCUT2D eigenvalue weighted by Gasteiger charge is 2.41. The number of rotatable bonds is 5. The maximum absolute atomic E-state index is 12.4. The van der Waals surface area contributed by atoms with E-state index in [1.165, 1.54) is 4.90 Å². The Labute approximate surface area is 143 Å². The van der Waals surface area contributed by atoms with Gasteiger partial charge in [-0.15, -0.1) is 12.4 Å². The summed E-state index contributed by atoms with van der Waals surface area (Å²) in [5.74, 6) is 0.291. The largest absolute Gasteiger partial charge is 0.345 e. The van der Waals surface area contributed by atoms with Crippen molar-refractivity contribution < 1.29 is 9.59 Å². The van der Waals surface area contributed by atoms with Gasteiger partial charge >= 0.3 is 6.03 Å². The van der Waals surface area contributed by atoms with Crippen molar-refractivity contribution in [2.45, 2.75) is 25.3 Å². The third-order valence-corrected chi connectivity index (χ3v) is 4.08. The number of hydrogen-bond donors (Lipinski definition) is 3. The molecule has 128 valence electrons. The van der Waals surface area contributed by atoms with Gasteiger partial charge in [-0.25, -0.2) is 4.79 Å². The smallest absolute Gasteiger partial charge is 0.321 e. The molecule has 6 nitrogen and oxygen atoms in total. The Kier molecular flexibility index (Phi) is 6.41. The van der Waals surface area contributed by atoms with Gasteiger partial charge in [0, 0.05) is 31.9 Å². The Bertz CT molecular complexity index is 575. The van der Waals surface area contributed by atoms with Crippen LogP contribution in [-0.4, -0.2) is 43.0 Å². The number of anilines is 1. The Morgan fingerprint density at radius 2 is 2.00 bits per heavy atom. The molecule has 0 saturated heterocycles. The van der Waals surface area contributed by atoms with E-state index in [4.69, 9.17) is 5.73 Å². The molecule has 0 spiro atoms.